The van der Waals surface area contributed by atoms with E-state index in [1.807, 2.05) is 6.92 Å². The summed E-state index contributed by atoms with van der Waals surface area (Å²) in [6.45, 7) is 8.56. The maximum atomic E-state index is 9.20. The van der Waals surface area contributed by atoms with Gasteiger partial charge in [0.05, 0.1) is 6.10 Å². The van der Waals surface area contributed by atoms with Gasteiger partial charge in [-0.2, -0.15) is 0 Å². The molecule has 2 N–H and O–H groups in total. The molecule has 0 saturated carbocycles. The standard InChI is InChI=1S/C11H25NO2/c1-4-5-8-14-9-6-7-12-10(2)11(3)13/h10-13H,4-9H2,1-3H3. The molecule has 0 rings (SSSR count). The Morgan fingerprint density at radius 1 is 1.21 bits per heavy atom. The van der Waals surface area contributed by atoms with Crippen molar-refractivity contribution in [3.8, 4) is 0 Å². The van der Waals surface area contributed by atoms with Crippen molar-refractivity contribution in [2.45, 2.75) is 52.2 Å². The van der Waals surface area contributed by atoms with Crippen molar-refractivity contribution in [1.82, 2.24) is 5.32 Å². The maximum absolute atomic E-state index is 9.20. The predicted octanol–water partition coefficient (Wildman–Crippen LogP) is 1.55. The molecular weight excluding hydrogens is 178 g/mol. The summed E-state index contributed by atoms with van der Waals surface area (Å²) in [5, 5.41) is 12.4. The lowest BCUT2D eigenvalue weighted by molar-refractivity contribution is 0.122. The molecule has 3 heteroatoms. The molecule has 0 aliphatic carbocycles. The third kappa shape index (κ3) is 8.48. The fourth-order valence-corrected chi connectivity index (χ4v) is 1.02. The van der Waals surface area contributed by atoms with Crippen LogP contribution in [-0.2, 0) is 4.74 Å². The van der Waals surface area contributed by atoms with E-state index in [2.05, 4.69) is 12.2 Å². The van der Waals surface area contributed by atoms with Gasteiger partial charge in [-0.1, -0.05) is 13.3 Å². The summed E-state index contributed by atoms with van der Waals surface area (Å²) in [6.07, 6.45) is 3.08. The van der Waals surface area contributed by atoms with Crippen LogP contribution in [0.25, 0.3) is 0 Å². The highest BCUT2D eigenvalue weighted by atomic mass is 16.5. The first-order valence-corrected chi connectivity index (χ1v) is 5.67. The summed E-state index contributed by atoms with van der Waals surface area (Å²) in [7, 11) is 0. The quantitative estimate of drug-likeness (QED) is 0.559. The molecule has 2 unspecified atom stereocenters. The predicted molar refractivity (Wildman–Crippen MR) is 59.5 cm³/mol. The second-order valence-corrected chi connectivity index (χ2v) is 3.80. The van der Waals surface area contributed by atoms with E-state index >= 15 is 0 Å². The van der Waals surface area contributed by atoms with Gasteiger partial charge in [0.15, 0.2) is 0 Å². The molecule has 0 heterocycles. The van der Waals surface area contributed by atoms with E-state index in [0.717, 1.165) is 32.6 Å². The molecule has 0 amide bonds. The Morgan fingerprint density at radius 3 is 2.43 bits per heavy atom. The first kappa shape index (κ1) is 13.9. The number of hydrogen-bond donors (Lipinski definition) is 2. The normalized spacial score (nSPS) is 15.4. The molecule has 2 atom stereocenters. The second-order valence-electron chi connectivity index (χ2n) is 3.80. The Balaban J connectivity index is 3.06. The van der Waals surface area contributed by atoms with Gasteiger partial charge < -0.3 is 15.2 Å². The van der Waals surface area contributed by atoms with Crippen molar-refractivity contribution in [2.24, 2.45) is 0 Å². The van der Waals surface area contributed by atoms with Crippen LogP contribution in [0.4, 0.5) is 0 Å². The van der Waals surface area contributed by atoms with Gasteiger partial charge in [0.2, 0.25) is 0 Å². The van der Waals surface area contributed by atoms with E-state index < -0.39 is 0 Å². The van der Waals surface area contributed by atoms with Crippen molar-refractivity contribution in [1.29, 1.82) is 0 Å². The molecule has 3 nitrogen and oxygen atoms in total. The third-order valence-electron chi connectivity index (χ3n) is 2.30. The molecule has 0 fully saturated rings. The van der Waals surface area contributed by atoms with Gasteiger partial charge in [0, 0.05) is 19.3 Å². The lowest BCUT2D eigenvalue weighted by Crippen LogP contribution is -2.36. The number of aliphatic hydroxyl groups excluding tert-OH is 1. The average molecular weight is 203 g/mol. The summed E-state index contributed by atoms with van der Waals surface area (Å²) < 4.78 is 5.41. The van der Waals surface area contributed by atoms with E-state index in [1.54, 1.807) is 6.92 Å². The van der Waals surface area contributed by atoms with Crippen LogP contribution >= 0.6 is 0 Å². The Kier molecular flexibility index (Phi) is 9.35. The highest BCUT2D eigenvalue weighted by Crippen LogP contribution is 1.92. The van der Waals surface area contributed by atoms with E-state index in [0.29, 0.717) is 0 Å². The highest BCUT2D eigenvalue weighted by Gasteiger charge is 2.05. The van der Waals surface area contributed by atoms with Crippen LogP contribution in [0.15, 0.2) is 0 Å². The highest BCUT2D eigenvalue weighted by molar-refractivity contribution is 4.65. The van der Waals surface area contributed by atoms with Crippen LogP contribution in [-0.4, -0.2) is 37.0 Å². The molecule has 0 aliphatic rings. The molecule has 86 valence electrons. The summed E-state index contributed by atoms with van der Waals surface area (Å²) in [5.74, 6) is 0. The Bertz CT molecular complexity index is 118. The fraction of sp³-hybridized carbons (Fsp3) is 1.00. The number of aliphatic hydroxyl groups is 1. The zero-order valence-corrected chi connectivity index (χ0v) is 9.75. The van der Waals surface area contributed by atoms with E-state index in [9.17, 15) is 5.11 Å². The zero-order chi connectivity index (χ0) is 10.8. The monoisotopic (exact) mass is 203 g/mol. The Hall–Kier alpha value is -0.120. The van der Waals surface area contributed by atoms with Crippen LogP contribution in [0.3, 0.4) is 0 Å². The lowest BCUT2D eigenvalue weighted by Gasteiger charge is -2.16. The Labute approximate surface area is 87.8 Å². The largest absolute Gasteiger partial charge is 0.392 e. The first-order valence-electron chi connectivity index (χ1n) is 5.67. The smallest absolute Gasteiger partial charge is 0.0662 e. The first-order chi connectivity index (χ1) is 6.68. The van der Waals surface area contributed by atoms with Crippen LogP contribution in [0.1, 0.15) is 40.0 Å². The van der Waals surface area contributed by atoms with Crippen LogP contribution < -0.4 is 5.32 Å². The van der Waals surface area contributed by atoms with Gasteiger partial charge in [0.1, 0.15) is 0 Å². The molecule has 14 heavy (non-hydrogen) atoms. The van der Waals surface area contributed by atoms with Crippen LogP contribution in [0.5, 0.6) is 0 Å². The molecule has 0 aromatic carbocycles. The summed E-state index contributed by atoms with van der Waals surface area (Å²) in [4.78, 5) is 0. The van der Waals surface area contributed by atoms with Gasteiger partial charge in [-0.3, -0.25) is 0 Å². The van der Waals surface area contributed by atoms with Crippen molar-refractivity contribution in [2.75, 3.05) is 19.8 Å². The molecule has 0 spiro atoms. The molecule has 0 radical (unpaired) electrons. The molecule has 0 aliphatic heterocycles. The minimum Gasteiger partial charge on any atom is -0.392 e. The number of ether oxygens (including phenoxy) is 1. The number of nitrogens with one attached hydrogen (secondary N) is 1. The van der Waals surface area contributed by atoms with Crippen LogP contribution in [0, 0.1) is 0 Å². The minimum atomic E-state index is -0.281. The SMILES string of the molecule is CCCCOCCCNC(C)C(C)O. The average Bonchev–Trinajstić information content (AvgIpc) is 2.16. The number of hydrogen-bond acceptors (Lipinski definition) is 3. The molecular formula is C11H25NO2. The lowest BCUT2D eigenvalue weighted by atomic mass is 10.2. The van der Waals surface area contributed by atoms with Crippen molar-refractivity contribution >= 4 is 0 Å². The fourth-order valence-electron chi connectivity index (χ4n) is 1.02. The van der Waals surface area contributed by atoms with Gasteiger partial charge in [-0.25, -0.2) is 0 Å². The molecule has 0 saturated heterocycles. The summed E-state index contributed by atoms with van der Waals surface area (Å²) >= 11 is 0. The molecule has 0 aromatic heterocycles. The van der Waals surface area contributed by atoms with E-state index in [1.165, 1.54) is 6.42 Å². The van der Waals surface area contributed by atoms with Crippen LogP contribution in [0.2, 0.25) is 0 Å². The minimum absolute atomic E-state index is 0.172. The molecule has 0 aromatic rings. The topological polar surface area (TPSA) is 41.5 Å². The summed E-state index contributed by atoms with van der Waals surface area (Å²) in [6, 6.07) is 0.172. The van der Waals surface area contributed by atoms with E-state index in [4.69, 9.17) is 4.74 Å². The van der Waals surface area contributed by atoms with Gasteiger partial charge in [-0.05, 0) is 33.2 Å². The summed E-state index contributed by atoms with van der Waals surface area (Å²) in [5.41, 5.74) is 0. The van der Waals surface area contributed by atoms with Crippen molar-refractivity contribution in [3.63, 3.8) is 0 Å². The van der Waals surface area contributed by atoms with Gasteiger partial charge in [-0.15, -0.1) is 0 Å². The second kappa shape index (κ2) is 9.44. The number of rotatable bonds is 9. The van der Waals surface area contributed by atoms with Crippen molar-refractivity contribution in [3.05, 3.63) is 0 Å². The van der Waals surface area contributed by atoms with Gasteiger partial charge >= 0.3 is 0 Å². The van der Waals surface area contributed by atoms with Crippen molar-refractivity contribution < 1.29 is 9.84 Å². The molecule has 0 bridgehead atoms. The Morgan fingerprint density at radius 2 is 1.86 bits per heavy atom. The third-order valence-corrected chi connectivity index (χ3v) is 2.30. The van der Waals surface area contributed by atoms with Gasteiger partial charge in [0.25, 0.3) is 0 Å². The number of unbranched alkanes of at least 4 members (excludes halogenated alkanes) is 1. The maximum Gasteiger partial charge on any atom is 0.0662 e. The van der Waals surface area contributed by atoms with E-state index in [-0.39, 0.29) is 12.1 Å². The zero-order valence-electron chi connectivity index (χ0n) is 9.75.